The van der Waals surface area contributed by atoms with Crippen molar-refractivity contribution in [2.45, 2.75) is 31.5 Å². The largest absolute Gasteiger partial charge is 0.472 e. The van der Waals surface area contributed by atoms with E-state index in [9.17, 15) is 9.18 Å². The van der Waals surface area contributed by atoms with E-state index in [1.165, 1.54) is 12.1 Å². The van der Waals surface area contributed by atoms with E-state index in [-0.39, 0.29) is 24.0 Å². The minimum atomic E-state index is -0.303. The SMILES string of the molecule is O=C(NCc1ccoc1)N[C@H](c1ccc(F)cc1)[C@@H]1CCCO1. The molecule has 5 nitrogen and oxygen atoms in total. The van der Waals surface area contributed by atoms with Crippen molar-refractivity contribution in [3.05, 3.63) is 59.8 Å². The first-order chi connectivity index (χ1) is 11.2. The highest BCUT2D eigenvalue weighted by molar-refractivity contribution is 5.74. The molecule has 1 aliphatic heterocycles. The summed E-state index contributed by atoms with van der Waals surface area (Å²) in [6.07, 6.45) is 4.87. The van der Waals surface area contributed by atoms with E-state index in [1.54, 1.807) is 30.7 Å². The summed E-state index contributed by atoms with van der Waals surface area (Å²) < 4.78 is 23.8. The van der Waals surface area contributed by atoms with E-state index in [2.05, 4.69) is 10.6 Å². The lowest BCUT2D eigenvalue weighted by molar-refractivity contribution is 0.0807. The van der Waals surface area contributed by atoms with Crippen molar-refractivity contribution < 1.29 is 18.3 Å². The zero-order valence-electron chi connectivity index (χ0n) is 12.6. The molecule has 0 spiro atoms. The molecule has 2 heterocycles. The first-order valence-electron chi connectivity index (χ1n) is 7.65. The summed E-state index contributed by atoms with van der Waals surface area (Å²) in [6.45, 7) is 1.06. The number of carbonyl (C=O) groups is 1. The molecule has 1 aromatic heterocycles. The summed E-state index contributed by atoms with van der Waals surface area (Å²) in [6, 6.07) is 7.33. The number of amides is 2. The molecule has 0 saturated carbocycles. The number of halogens is 1. The van der Waals surface area contributed by atoms with Gasteiger partial charge in [0, 0.05) is 18.7 Å². The Morgan fingerprint density at radius 1 is 1.30 bits per heavy atom. The van der Waals surface area contributed by atoms with Crippen LogP contribution in [0.3, 0.4) is 0 Å². The number of carbonyl (C=O) groups excluding carboxylic acids is 1. The van der Waals surface area contributed by atoms with Gasteiger partial charge < -0.3 is 19.8 Å². The summed E-state index contributed by atoms with van der Waals surface area (Å²) in [5, 5.41) is 5.71. The van der Waals surface area contributed by atoms with Gasteiger partial charge >= 0.3 is 6.03 Å². The molecule has 2 amide bonds. The van der Waals surface area contributed by atoms with Gasteiger partial charge in [-0.3, -0.25) is 0 Å². The third-order valence-corrected chi connectivity index (χ3v) is 3.89. The Kier molecular flexibility index (Phi) is 4.92. The van der Waals surface area contributed by atoms with Gasteiger partial charge in [0.15, 0.2) is 0 Å². The predicted molar refractivity (Wildman–Crippen MR) is 82.2 cm³/mol. The molecular weight excluding hydrogens is 299 g/mol. The Balaban J connectivity index is 1.65. The molecule has 1 fully saturated rings. The average molecular weight is 318 g/mol. The first kappa shape index (κ1) is 15.6. The minimum Gasteiger partial charge on any atom is -0.472 e. The fourth-order valence-electron chi connectivity index (χ4n) is 2.69. The molecule has 1 saturated heterocycles. The lowest BCUT2D eigenvalue weighted by Crippen LogP contribution is -2.41. The molecular formula is C17H19FN2O3. The molecule has 1 aromatic carbocycles. The van der Waals surface area contributed by atoms with Gasteiger partial charge in [-0.15, -0.1) is 0 Å². The maximum Gasteiger partial charge on any atom is 0.315 e. The van der Waals surface area contributed by atoms with Crippen LogP contribution in [0.2, 0.25) is 0 Å². The fraction of sp³-hybridized carbons (Fsp3) is 0.353. The van der Waals surface area contributed by atoms with Crippen molar-refractivity contribution in [2.75, 3.05) is 6.61 Å². The van der Waals surface area contributed by atoms with Crippen molar-refractivity contribution in [3.8, 4) is 0 Å². The van der Waals surface area contributed by atoms with E-state index >= 15 is 0 Å². The van der Waals surface area contributed by atoms with Crippen LogP contribution in [0, 0.1) is 5.82 Å². The highest BCUT2D eigenvalue weighted by atomic mass is 19.1. The maximum absolute atomic E-state index is 13.1. The standard InChI is InChI=1S/C17H19FN2O3/c18-14-5-3-13(4-6-14)16(15-2-1-8-23-15)20-17(21)19-10-12-7-9-22-11-12/h3-7,9,11,15-16H,1-2,8,10H2,(H2,19,20,21)/t15-,16+/m0/s1. The molecule has 0 unspecified atom stereocenters. The molecule has 23 heavy (non-hydrogen) atoms. The Morgan fingerprint density at radius 3 is 2.78 bits per heavy atom. The first-order valence-corrected chi connectivity index (χ1v) is 7.65. The quantitative estimate of drug-likeness (QED) is 0.890. The van der Waals surface area contributed by atoms with Gasteiger partial charge in [-0.2, -0.15) is 0 Å². The van der Waals surface area contributed by atoms with E-state index in [0.717, 1.165) is 24.0 Å². The lowest BCUT2D eigenvalue weighted by Gasteiger charge is -2.25. The molecule has 2 atom stereocenters. The van der Waals surface area contributed by atoms with E-state index < -0.39 is 0 Å². The molecule has 0 bridgehead atoms. The zero-order valence-corrected chi connectivity index (χ0v) is 12.6. The number of urea groups is 1. The van der Waals surface area contributed by atoms with Crippen LogP contribution in [-0.2, 0) is 11.3 Å². The van der Waals surface area contributed by atoms with E-state index in [1.807, 2.05) is 0 Å². The van der Waals surface area contributed by atoms with Crippen LogP contribution in [0.5, 0.6) is 0 Å². The molecule has 1 aliphatic rings. The van der Waals surface area contributed by atoms with Crippen molar-refractivity contribution in [1.82, 2.24) is 10.6 Å². The molecule has 2 aromatic rings. The van der Waals surface area contributed by atoms with Gasteiger partial charge in [0.25, 0.3) is 0 Å². The number of benzene rings is 1. The summed E-state index contributed by atoms with van der Waals surface area (Å²) in [5.74, 6) is -0.302. The number of rotatable bonds is 5. The number of hydrogen-bond donors (Lipinski definition) is 2. The Hall–Kier alpha value is -2.34. The second kappa shape index (κ2) is 7.28. The van der Waals surface area contributed by atoms with Crippen molar-refractivity contribution >= 4 is 6.03 Å². The Bertz CT molecular complexity index is 622. The molecule has 0 radical (unpaired) electrons. The summed E-state index contributed by atoms with van der Waals surface area (Å²) in [7, 11) is 0. The molecule has 122 valence electrons. The second-order valence-electron chi connectivity index (χ2n) is 5.54. The Labute approximate surface area is 133 Å². The van der Waals surface area contributed by atoms with Gasteiger partial charge in [-0.1, -0.05) is 12.1 Å². The van der Waals surface area contributed by atoms with Gasteiger partial charge in [0.05, 0.1) is 24.7 Å². The average Bonchev–Trinajstić information content (AvgIpc) is 3.25. The van der Waals surface area contributed by atoms with Crippen LogP contribution in [0.15, 0.2) is 47.3 Å². The van der Waals surface area contributed by atoms with Gasteiger partial charge in [-0.05, 0) is 36.6 Å². The van der Waals surface area contributed by atoms with E-state index in [0.29, 0.717) is 13.2 Å². The van der Waals surface area contributed by atoms with Crippen molar-refractivity contribution in [2.24, 2.45) is 0 Å². The van der Waals surface area contributed by atoms with Crippen molar-refractivity contribution in [3.63, 3.8) is 0 Å². The monoisotopic (exact) mass is 318 g/mol. The number of nitrogens with one attached hydrogen (secondary N) is 2. The summed E-state index contributed by atoms with van der Waals surface area (Å²) in [5.41, 5.74) is 1.72. The third kappa shape index (κ3) is 4.10. The third-order valence-electron chi connectivity index (χ3n) is 3.89. The normalized spacial score (nSPS) is 18.6. The number of furan rings is 1. The topological polar surface area (TPSA) is 63.5 Å². The zero-order chi connectivity index (χ0) is 16.1. The van der Waals surface area contributed by atoms with Crippen LogP contribution in [0.4, 0.5) is 9.18 Å². The highest BCUT2D eigenvalue weighted by Crippen LogP contribution is 2.27. The van der Waals surface area contributed by atoms with Gasteiger partial charge in [0.1, 0.15) is 5.82 Å². The van der Waals surface area contributed by atoms with Gasteiger partial charge in [0.2, 0.25) is 0 Å². The smallest absolute Gasteiger partial charge is 0.315 e. The summed E-state index contributed by atoms with van der Waals surface area (Å²) in [4.78, 5) is 12.2. The minimum absolute atomic E-state index is 0.0971. The maximum atomic E-state index is 13.1. The number of ether oxygens (including phenoxy) is 1. The highest BCUT2D eigenvalue weighted by Gasteiger charge is 2.28. The van der Waals surface area contributed by atoms with Crippen LogP contribution < -0.4 is 10.6 Å². The molecule has 6 heteroatoms. The van der Waals surface area contributed by atoms with E-state index in [4.69, 9.17) is 9.15 Å². The lowest BCUT2D eigenvalue weighted by atomic mass is 9.99. The number of hydrogen-bond acceptors (Lipinski definition) is 3. The van der Waals surface area contributed by atoms with Crippen molar-refractivity contribution in [1.29, 1.82) is 0 Å². The van der Waals surface area contributed by atoms with Crippen LogP contribution in [-0.4, -0.2) is 18.7 Å². The fourth-order valence-corrected chi connectivity index (χ4v) is 2.69. The van der Waals surface area contributed by atoms with Crippen LogP contribution in [0.1, 0.15) is 30.0 Å². The van der Waals surface area contributed by atoms with Gasteiger partial charge in [-0.25, -0.2) is 9.18 Å². The predicted octanol–water partition coefficient (Wildman–Crippen LogP) is 3.14. The molecule has 3 rings (SSSR count). The molecule has 0 aliphatic carbocycles. The molecule has 2 N–H and O–H groups in total. The second-order valence-corrected chi connectivity index (χ2v) is 5.54. The Morgan fingerprint density at radius 2 is 2.13 bits per heavy atom. The van der Waals surface area contributed by atoms with Crippen LogP contribution in [0.25, 0.3) is 0 Å². The summed E-state index contributed by atoms with van der Waals surface area (Å²) >= 11 is 0. The van der Waals surface area contributed by atoms with Crippen LogP contribution >= 0.6 is 0 Å².